The summed E-state index contributed by atoms with van der Waals surface area (Å²) in [6.45, 7) is 0.828. The van der Waals surface area contributed by atoms with Crippen LogP contribution >= 0.6 is 11.8 Å². The van der Waals surface area contributed by atoms with Crippen molar-refractivity contribution in [2.24, 2.45) is 0 Å². The number of nitrogen functional groups attached to an aromatic ring is 1. The van der Waals surface area contributed by atoms with E-state index in [-0.39, 0.29) is 5.95 Å². The molecule has 1 saturated carbocycles. The van der Waals surface area contributed by atoms with Crippen LogP contribution in [0.2, 0.25) is 0 Å². The van der Waals surface area contributed by atoms with E-state index in [1.165, 1.54) is 36.6 Å². The van der Waals surface area contributed by atoms with E-state index >= 15 is 0 Å². The molecule has 106 valence electrons. The molecule has 2 aromatic rings. The van der Waals surface area contributed by atoms with Gasteiger partial charge in [0.1, 0.15) is 12.7 Å². The minimum absolute atomic E-state index is 0.166. The van der Waals surface area contributed by atoms with Gasteiger partial charge in [-0.15, -0.1) is 0 Å². The lowest BCUT2D eigenvalue weighted by molar-refractivity contribution is 0.379. The first-order valence-corrected chi connectivity index (χ1v) is 7.59. The topological polar surface area (TPSA) is 107 Å². The third kappa shape index (κ3) is 2.53. The Kier molecular flexibility index (Phi) is 3.43. The fourth-order valence-electron chi connectivity index (χ4n) is 2.14. The predicted molar refractivity (Wildman–Crippen MR) is 77.7 cm³/mol. The van der Waals surface area contributed by atoms with Crippen molar-refractivity contribution in [1.82, 2.24) is 29.7 Å². The molecule has 0 spiro atoms. The number of hydrogen-bond donors (Lipinski definition) is 2. The lowest BCUT2D eigenvalue weighted by Crippen LogP contribution is -2.40. The molecular formula is C11H16N8S. The highest BCUT2D eigenvalue weighted by atomic mass is 32.2. The molecule has 2 aromatic heterocycles. The smallest absolute Gasteiger partial charge is 0.258 e. The first kappa shape index (κ1) is 13.1. The Bertz CT molecular complexity index is 575. The van der Waals surface area contributed by atoms with Crippen LogP contribution in [0.3, 0.4) is 0 Å². The molecule has 3 rings (SSSR count). The number of nitrogens with two attached hydrogens (primary N) is 1. The Morgan fingerprint density at radius 1 is 1.40 bits per heavy atom. The summed E-state index contributed by atoms with van der Waals surface area (Å²) in [6.07, 6.45) is 8.81. The number of anilines is 2. The van der Waals surface area contributed by atoms with Gasteiger partial charge in [-0.25, -0.2) is 4.98 Å². The quantitative estimate of drug-likeness (QED) is 0.830. The number of rotatable bonds is 5. The summed E-state index contributed by atoms with van der Waals surface area (Å²) in [5.41, 5.74) is 5.71. The van der Waals surface area contributed by atoms with Gasteiger partial charge in [-0.2, -0.15) is 36.5 Å². The van der Waals surface area contributed by atoms with Gasteiger partial charge in [-0.1, -0.05) is 6.42 Å². The van der Waals surface area contributed by atoms with Gasteiger partial charge in [-0.05, 0) is 19.1 Å². The summed E-state index contributed by atoms with van der Waals surface area (Å²) in [4.78, 5) is 16.3. The van der Waals surface area contributed by atoms with Crippen LogP contribution in [0.4, 0.5) is 11.9 Å². The molecule has 20 heavy (non-hydrogen) atoms. The molecule has 0 unspecified atom stereocenters. The summed E-state index contributed by atoms with van der Waals surface area (Å²) in [5.74, 6) is 1.01. The molecule has 0 aliphatic heterocycles. The number of nitrogens with one attached hydrogen (secondary N) is 1. The first-order valence-electron chi connectivity index (χ1n) is 6.36. The van der Waals surface area contributed by atoms with E-state index in [1.54, 1.807) is 0 Å². The third-order valence-electron chi connectivity index (χ3n) is 3.53. The molecule has 1 aliphatic rings. The van der Waals surface area contributed by atoms with E-state index in [0.29, 0.717) is 16.6 Å². The van der Waals surface area contributed by atoms with Gasteiger partial charge in [0.2, 0.25) is 11.9 Å². The molecule has 1 fully saturated rings. The van der Waals surface area contributed by atoms with Crippen molar-refractivity contribution < 1.29 is 0 Å². The normalized spacial score (nSPS) is 16.6. The molecule has 1 aliphatic carbocycles. The van der Waals surface area contributed by atoms with Crippen molar-refractivity contribution in [2.75, 3.05) is 23.9 Å². The maximum absolute atomic E-state index is 5.71. The Balaban J connectivity index is 1.76. The first-order chi connectivity index (χ1) is 9.71. The molecule has 0 aromatic carbocycles. The second-order valence-electron chi connectivity index (χ2n) is 4.75. The van der Waals surface area contributed by atoms with Crippen molar-refractivity contribution in [1.29, 1.82) is 0 Å². The van der Waals surface area contributed by atoms with Crippen LogP contribution < -0.4 is 11.1 Å². The van der Waals surface area contributed by atoms with E-state index in [0.717, 1.165) is 6.54 Å². The minimum Gasteiger partial charge on any atom is -0.368 e. The maximum Gasteiger partial charge on any atom is 0.258 e. The zero-order valence-electron chi connectivity index (χ0n) is 11.2. The molecule has 0 saturated heterocycles. The number of nitrogens with zero attached hydrogens (tertiary/aromatic N) is 6. The van der Waals surface area contributed by atoms with Crippen molar-refractivity contribution in [2.45, 2.75) is 24.0 Å². The van der Waals surface area contributed by atoms with Crippen LogP contribution in [0.1, 0.15) is 19.3 Å². The zero-order chi connectivity index (χ0) is 14.0. The van der Waals surface area contributed by atoms with Crippen LogP contribution in [0, 0.1) is 0 Å². The van der Waals surface area contributed by atoms with Crippen LogP contribution in [-0.4, -0.2) is 47.3 Å². The van der Waals surface area contributed by atoms with Crippen molar-refractivity contribution in [3.63, 3.8) is 0 Å². The van der Waals surface area contributed by atoms with E-state index in [2.05, 4.69) is 36.6 Å². The Hall–Kier alpha value is -1.90. The molecule has 0 amide bonds. The number of hydrogen-bond acceptors (Lipinski definition) is 8. The highest BCUT2D eigenvalue weighted by molar-refractivity contribution is 8.00. The summed E-state index contributed by atoms with van der Waals surface area (Å²) >= 11 is 1.89. The highest BCUT2D eigenvalue weighted by Gasteiger charge is 2.36. The van der Waals surface area contributed by atoms with Crippen molar-refractivity contribution in [3.05, 3.63) is 12.7 Å². The molecule has 0 radical (unpaired) electrons. The summed E-state index contributed by atoms with van der Waals surface area (Å²) in [5, 5.41) is 7.24. The highest BCUT2D eigenvalue weighted by Crippen LogP contribution is 2.42. The van der Waals surface area contributed by atoms with Crippen LogP contribution in [0.15, 0.2) is 12.7 Å². The molecular weight excluding hydrogens is 276 g/mol. The van der Waals surface area contributed by atoms with Gasteiger partial charge in [0.05, 0.1) is 0 Å². The van der Waals surface area contributed by atoms with Gasteiger partial charge in [0.25, 0.3) is 5.95 Å². The SMILES string of the molecule is CSC1(CNc2nc(N)nc(-n3cncn3)n2)CCC1. The summed E-state index contributed by atoms with van der Waals surface area (Å²) in [6, 6.07) is 0. The number of aromatic nitrogens is 6. The molecule has 8 nitrogen and oxygen atoms in total. The fraction of sp³-hybridized carbons (Fsp3) is 0.545. The van der Waals surface area contributed by atoms with Gasteiger partial charge in [-0.3, -0.25) is 0 Å². The molecule has 0 bridgehead atoms. The molecule has 2 heterocycles. The molecule has 0 atom stereocenters. The van der Waals surface area contributed by atoms with Gasteiger partial charge >= 0.3 is 0 Å². The summed E-state index contributed by atoms with van der Waals surface area (Å²) in [7, 11) is 0. The predicted octanol–water partition coefficient (Wildman–Crippen LogP) is 0.732. The Morgan fingerprint density at radius 3 is 2.85 bits per heavy atom. The zero-order valence-corrected chi connectivity index (χ0v) is 12.0. The van der Waals surface area contributed by atoms with E-state index in [4.69, 9.17) is 5.73 Å². The van der Waals surface area contributed by atoms with Crippen molar-refractivity contribution >= 4 is 23.7 Å². The van der Waals surface area contributed by atoms with E-state index in [9.17, 15) is 0 Å². The summed E-state index contributed by atoms with van der Waals surface area (Å²) < 4.78 is 1.76. The maximum atomic E-state index is 5.71. The minimum atomic E-state index is 0.166. The third-order valence-corrected chi connectivity index (χ3v) is 4.95. The van der Waals surface area contributed by atoms with Crippen LogP contribution in [-0.2, 0) is 0 Å². The van der Waals surface area contributed by atoms with E-state index in [1.807, 2.05) is 11.8 Å². The lowest BCUT2D eigenvalue weighted by atomic mass is 9.84. The van der Waals surface area contributed by atoms with Gasteiger partial charge < -0.3 is 11.1 Å². The fourth-order valence-corrected chi connectivity index (χ4v) is 3.05. The largest absolute Gasteiger partial charge is 0.368 e. The Morgan fingerprint density at radius 2 is 2.25 bits per heavy atom. The second kappa shape index (κ2) is 5.23. The molecule has 9 heteroatoms. The average Bonchev–Trinajstić information content (AvgIpc) is 2.91. The monoisotopic (exact) mass is 292 g/mol. The van der Waals surface area contributed by atoms with Gasteiger partial charge in [0.15, 0.2) is 0 Å². The van der Waals surface area contributed by atoms with E-state index < -0.39 is 0 Å². The Labute approximate surface area is 120 Å². The average molecular weight is 292 g/mol. The van der Waals surface area contributed by atoms with Crippen LogP contribution in [0.5, 0.6) is 0 Å². The van der Waals surface area contributed by atoms with Gasteiger partial charge in [0, 0.05) is 11.3 Å². The number of thioether (sulfide) groups is 1. The van der Waals surface area contributed by atoms with Crippen molar-refractivity contribution in [3.8, 4) is 5.95 Å². The second-order valence-corrected chi connectivity index (χ2v) is 6.03. The van der Waals surface area contributed by atoms with Crippen LogP contribution in [0.25, 0.3) is 5.95 Å². The standard InChI is InChI=1S/C11H16N8S/c1-20-11(3-2-4-11)5-14-9-16-8(12)17-10(18-9)19-7-13-6-15-19/h6-7H,2-5H2,1H3,(H3,12,14,16,17,18). The molecule has 3 N–H and O–H groups in total. The lowest BCUT2D eigenvalue weighted by Gasteiger charge is -2.40.